The van der Waals surface area contributed by atoms with Crippen molar-refractivity contribution in [2.75, 3.05) is 6.61 Å². The van der Waals surface area contributed by atoms with Gasteiger partial charge in [-0.2, -0.15) is 0 Å². The van der Waals surface area contributed by atoms with Gasteiger partial charge in [0.2, 0.25) is 0 Å². The maximum atomic E-state index is 11.6. The van der Waals surface area contributed by atoms with Gasteiger partial charge in [-0.25, -0.2) is 4.79 Å². The van der Waals surface area contributed by atoms with Gasteiger partial charge in [0.15, 0.2) is 6.61 Å². The number of amides is 2. The molecule has 0 aromatic heterocycles. The van der Waals surface area contributed by atoms with Crippen LogP contribution in [0.15, 0.2) is 24.3 Å². The quantitative estimate of drug-likeness (QED) is 0.656. The number of para-hydroxylation sites is 1. The number of nitrogens with two attached hydrogens (primary N) is 1. The molecule has 0 aliphatic heterocycles. The largest absolute Gasteiger partial charge is 0.483 e. The number of primary amides is 1. The van der Waals surface area contributed by atoms with Gasteiger partial charge < -0.3 is 20.9 Å². The predicted molar refractivity (Wildman–Crippen MR) is 70.3 cm³/mol. The summed E-state index contributed by atoms with van der Waals surface area (Å²) in [6, 6.07) is 5.26. The highest BCUT2D eigenvalue weighted by Gasteiger charge is 2.18. The molecule has 1 aromatic rings. The molecule has 0 aliphatic rings. The van der Waals surface area contributed by atoms with Crippen molar-refractivity contribution < 1.29 is 24.2 Å². The van der Waals surface area contributed by atoms with E-state index in [4.69, 9.17) is 15.6 Å². The van der Waals surface area contributed by atoms with Gasteiger partial charge in [0.25, 0.3) is 11.8 Å². The number of carboxylic acid groups (broad SMARTS) is 1. The van der Waals surface area contributed by atoms with Crippen LogP contribution in [-0.2, 0) is 9.59 Å². The molecular weight excluding hydrogens is 264 g/mol. The summed E-state index contributed by atoms with van der Waals surface area (Å²) >= 11 is 0. The predicted octanol–water partition coefficient (Wildman–Crippen LogP) is 0.144. The average Bonchev–Trinajstić information content (AvgIpc) is 2.42. The lowest BCUT2D eigenvalue weighted by atomic mass is 10.2. The first-order valence-corrected chi connectivity index (χ1v) is 5.99. The number of hydrogen-bond acceptors (Lipinski definition) is 4. The van der Waals surface area contributed by atoms with E-state index in [0.717, 1.165) is 0 Å². The van der Waals surface area contributed by atoms with Crippen LogP contribution >= 0.6 is 0 Å². The Morgan fingerprint density at radius 1 is 1.35 bits per heavy atom. The van der Waals surface area contributed by atoms with Gasteiger partial charge in [-0.3, -0.25) is 9.59 Å². The Morgan fingerprint density at radius 2 is 2.00 bits per heavy atom. The third kappa shape index (κ3) is 4.27. The van der Waals surface area contributed by atoms with Crippen molar-refractivity contribution in [2.45, 2.75) is 19.4 Å². The molecule has 7 nitrogen and oxygen atoms in total. The van der Waals surface area contributed by atoms with Crippen molar-refractivity contribution in [3.8, 4) is 5.75 Å². The molecule has 7 heteroatoms. The van der Waals surface area contributed by atoms with E-state index >= 15 is 0 Å². The van der Waals surface area contributed by atoms with Gasteiger partial charge >= 0.3 is 5.97 Å². The Kier molecular flexibility index (Phi) is 5.52. The fraction of sp³-hybridized carbons (Fsp3) is 0.308. The van der Waals surface area contributed by atoms with Gasteiger partial charge in [0, 0.05) is 0 Å². The molecule has 0 aliphatic carbocycles. The molecule has 0 radical (unpaired) electrons. The highest BCUT2D eigenvalue weighted by Crippen LogP contribution is 2.16. The van der Waals surface area contributed by atoms with Crippen LogP contribution in [0.5, 0.6) is 5.75 Å². The minimum Gasteiger partial charge on any atom is -0.483 e. The Morgan fingerprint density at radius 3 is 2.55 bits per heavy atom. The molecule has 4 N–H and O–H groups in total. The Bertz CT molecular complexity index is 515. The molecule has 1 atom stereocenters. The molecule has 0 saturated heterocycles. The smallest absolute Gasteiger partial charge is 0.326 e. The van der Waals surface area contributed by atoms with E-state index < -0.39 is 30.4 Å². The van der Waals surface area contributed by atoms with Crippen LogP contribution < -0.4 is 15.8 Å². The van der Waals surface area contributed by atoms with Crippen LogP contribution in [0.1, 0.15) is 23.7 Å². The summed E-state index contributed by atoms with van der Waals surface area (Å²) in [6.45, 7) is 1.25. The van der Waals surface area contributed by atoms with E-state index in [9.17, 15) is 14.4 Å². The van der Waals surface area contributed by atoms with Crippen LogP contribution in [0.2, 0.25) is 0 Å². The topological polar surface area (TPSA) is 119 Å². The second-order valence-corrected chi connectivity index (χ2v) is 4.02. The number of rotatable bonds is 7. The van der Waals surface area contributed by atoms with Crippen molar-refractivity contribution in [3.63, 3.8) is 0 Å². The van der Waals surface area contributed by atoms with Crippen LogP contribution in [0.25, 0.3) is 0 Å². The molecule has 0 saturated carbocycles. The summed E-state index contributed by atoms with van der Waals surface area (Å²) in [5.41, 5.74) is 5.32. The van der Waals surface area contributed by atoms with Crippen LogP contribution in [0.4, 0.5) is 0 Å². The van der Waals surface area contributed by atoms with Crippen LogP contribution in [-0.4, -0.2) is 35.5 Å². The van der Waals surface area contributed by atoms with Crippen molar-refractivity contribution in [1.82, 2.24) is 5.32 Å². The Hall–Kier alpha value is -2.57. The number of ether oxygens (including phenoxy) is 1. The van der Waals surface area contributed by atoms with Gasteiger partial charge in [-0.1, -0.05) is 19.1 Å². The van der Waals surface area contributed by atoms with Crippen molar-refractivity contribution in [3.05, 3.63) is 29.8 Å². The molecule has 0 fully saturated rings. The number of carbonyl (C=O) groups is 3. The molecule has 2 amide bonds. The molecule has 108 valence electrons. The van der Waals surface area contributed by atoms with E-state index in [1.165, 1.54) is 12.1 Å². The normalized spacial score (nSPS) is 11.4. The number of nitrogens with one attached hydrogen (secondary N) is 1. The van der Waals surface area contributed by atoms with E-state index in [2.05, 4.69) is 5.32 Å². The minimum absolute atomic E-state index is 0.158. The summed E-state index contributed by atoms with van der Waals surface area (Å²) < 4.78 is 5.18. The monoisotopic (exact) mass is 280 g/mol. The van der Waals surface area contributed by atoms with Gasteiger partial charge in [-0.15, -0.1) is 0 Å². The average molecular weight is 280 g/mol. The molecular formula is C13H16N2O5. The lowest BCUT2D eigenvalue weighted by Gasteiger charge is -2.13. The maximum absolute atomic E-state index is 11.6. The molecule has 1 rings (SSSR count). The van der Waals surface area contributed by atoms with Gasteiger partial charge in [0.1, 0.15) is 11.8 Å². The van der Waals surface area contributed by atoms with Crippen molar-refractivity contribution >= 4 is 17.8 Å². The third-order valence-electron chi connectivity index (χ3n) is 2.55. The first-order chi connectivity index (χ1) is 9.45. The van der Waals surface area contributed by atoms with Crippen LogP contribution in [0, 0.1) is 0 Å². The molecule has 0 unspecified atom stereocenters. The highest BCUT2D eigenvalue weighted by molar-refractivity contribution is 5.95. The molecule has 0 heterocycles. The first kappa shape index (κ1) is 15.5. The SMILES string of the molecule is CC[C@@H](NC(=O)COc1ccccc1C(N)=O)C(=O)O. The number of carboxylic acids is 1. The van der Waals surface area contributed by atoms with E-state index in [0.29, 0.717) is 0 Å². The van der Waals surface area contributed by atoms with Gasteiger partial charge in [0.05, 0.1) is 5.56 Å². The van der Waals surface area contributed by atoms with Crippen molar-refractivity contribution in [2.24, 2.45) is 5.73 Å². The zero-order valence-electron chi connectivity index (χ0n) is 11.0. The number of benzene rings is 1. The fourth-order valence-corrected chi connectivity index (χ4v) is 1.51. The van der Waals surface area contributed by atoms with Crippen molar-refractivity contribution in [1.29, 1.82) is 0 Å². The molecule has 0 spiro atoms. The Labute approximate surface area is 115 Å². The molecule has 1 aromatic carbocycles. The maximum Gasteiger partial charge on any atom is 0.326 e. The van der Waals surface area contributed by atoms with E-state index in [1.807, 2.05) is 0 Å². The summed E-state index contributed by atoms with van der Waals surface area (Å²) in [6.07, 6.45) is 0.263. The summed E-state index contributed by atoms with van der Waals surface area (Å²) in [4.78, 5) is 33.5. The second kappa shape index (κ2) is 7.13. The lowest BCUT2D eigenvalue weighted by Crippen LogP contribution is -2.42. The first-order valence-electron chi connectivity index (χ1n) is 5.99. The summed E-state index contributed by atoms with van der Waals surface area (Å²) in [7, 11) is 0. The van der Waals surface area contributed by atoms with E-state index in [1.54, 1.807) is 19.1 Å². The Balaban J connectivity index is 2.61. The summed E-state index contributed by atoms with van der Waals surface area (Å²) in [5, 5.41) is 11.1. The number of carbonyl (C=O) groups excluding carboxylic acids is 2. The molecule has 0 bridgehead atoms. The standard InChI is InChI=1S/C13H16N2O5/c1-2-9(13(18)19)15-11(16)7-20-10-6-4-3-5-8(10)12(14)17/h3-6,9H,2,7H2,1H3,(H2,14,17)(H,15,16)(H,18,19)/t9-/m1/s1. The van der Waals surface area contributed by atoms with Crippen LogP contribution in [0.3, 0.4) is 0 Å². The number of aliphatic carboxylic acids is 1. The molecule has 20 heavy (non-hydrogen) atoms. The zero-order chi connectivity index (χ0) is 15.1. The second-order valence-electron chi connectivity index (χ2n) is 4.02. The lowest BCUT2D eigenvalue weighted by molar-refractivity contribution is -0.142. The zero-order valence-corrected chi connectivity index (χ0v) is 11.0. The summed E-state index contributed by atoms with van der Waals surface area (Å²) in [5.74, 6) is -2.19. The fourth-order valence-electron chi connectivity index (χ4n) is 1.51. The van der Waals surface area contributed by atoms with Gasteiger partial charge in [-0.05, 0) is 18.6 Å². The third-order valence-corrected chi connectivity index (χ3v) is 2.55. The van der Waals surface area contributed by atoms with E-state index in [-0.39, 0.29) is 17.7 Å². The highest BCUT2D eigenvalue weighted by atomic mass is 16.5. The minimum atomic E-state index is -1.11. The number of hydrogen-bond donors (Lipinski definition) is 3.